The van der Waals surface area contributed by atoms with Gasteiger partial charge in [-0.3, -0.25) is 9.36 Å². The first kappa shape index (κ1) is 28.5. The van der Waals surface area contributed by atoms with Crippen molar-refractivity contribution >= 4 is 28.9 Å². The molecular formula is C32H26N4O8. The molecule has 0 unspecified atom stereocenters. The monoisotopic (exact) mass is 594 g/mol. The van der Waals surface area contributed by atoms with Crippen molar-refractivity contribution in [1.29, 1.82) is 0 Å². The molecule has 0 spiro atoms. The molecule has 0 aliphatic carbocycles. The first-order valence-corrected chi connectivity index (χ1v) is 13.7. The van der Waals surface area contributed by atoms with Crippen molar-refractivity contribution in [2.24, 2.45) is 0 Å². The second-order valence-electron chi connectivity index (χ2n) is 10.2. The van der Waals surface area contributed by atoms with Crippen molar-refractivity contribution in [2.45, 2.75) is 31.0 Å². The summed E-state index contributed by atoms with van der Waals surface area (Å²) in [5, 5.41) is 6.20. The fourth-order valence-electron chi connectivity index (χ4n) is 5.12. The Balaban J connectivity index is 1.42. The van der Waals surface area contributed by atoms with Crippen molar-refractivity contribution in [3.8, 4) is 0 Å². The van der Waals surface area contributed by atoms with Gasteiger partial charge in [0.25, 0.3) is 5.56 Å². The smallest absolute Gasteiger partial charge is 0.338 e. The third kappa shape index (κ3) is 5.45. The number of imidazole rings is 1. The molecular weight excluding hydrogens is 568 g/mol. The standard InChI is InChI=1S/C32H26N4O8/c1-32(44-30(40)22-15-9-4-10-16-22)26(43-29(39)21-13-7-3-8-14-21)24(18-41-28(38)20-11-5-2-6-12-20)42-31(32)36-19-33-25-23(36)17-34-35-27(25)37/h2-17,19,24,26,31H,18H2,1H3,(H,35,37)/t24-,26-,31-,32-/m1/s1. The molecule has 12 heteroatoms. The maximum Gasteiger partial charge on any atom is 0.338 e. The summed E-state index contributed by atoms with van der Waals surface area (Å²) in [5.41, 5.74) is -1.12. The minimum absolute atomic E-state index is 0.0668. The minimum Gasteiger partial charge on any atom is -0.459 e. The second kappa shape index (κ2) is 11.9. The maximum absolute atomic E-state index is 13.5. The lowest BCUT2D eigenvalue weighted by atomic mass is 9.95. The number of rotatable bonds is 8. The molecule has 1 aliphatic heterocycles. The summed E-state index contributed by atoms with van der Waals surface area (Å²) in [6.45, 7) is 1.19. The van der Waals surface area contributed by atoms with Crippen LogP contribution in [0.5, 0.6) is 0 Å². The lowest BCUT2D eigenvalue weighted by molar-refractivity contribution is -0.108. The average molecular weight is 595 g/mol. The van der Waals surface area contributed by atoms with Gasteiger partial charge in [0.1, 0.15) is 12.7 Å². The van der Waals surface area contributed by atoms with Crippen molar-refractivity contribution in [1.82, 2.24) is 19.7 Å². The zero-order valence-corrected chi connectivity index (χ0v) is 23.4. The summed E-state index contributed by atoms with van der Waals surface area (Å²) in [6.07, 6.45) is -0.877. The molecule has 2 aromatic heterocycles. The first-order valence-electron chi connectivity index (χ1n) is 13.7. The average Bonchev–Trinajstić information content (AvgIpc) is 3.60. The van der Waals surface area contributed by atoms with E-state index < -0.39 is 47.5 Å². The number of aromatic nitrogens is 4. The van der Waals surface area contributed by atoms with Gasteiger partial charge in [-0.2, -0.15) is 5.10 Å². The third-order valence-electron chi connectivity index (χ3n) is 7.30. The second-order valence-corrected chi connectivity index (χ2v) is 10.2. The number of nitrogens with zero attached hydrogens (tertiary/aromatic N) is 3. The number of aromatic amines is 1. The lowest BCUT2D eigenvalue weighted by Gasteiger charge is -2.34. The van der Waals surface area contributed by atoms with Crippen molar-refractivity contribution in [2.75, 3.05) is 6.61 Å². The molecule has 4 atom stereocenters. The van der Waals surface area contributed by atoms with E-state index in [2.05, 4.69) is 15.2 Å². The Morgan fingerprint density at radius 2 is 1.43 bits per heavy atom. The van der Waals surface area contributed by atoms with E-state index in [-0.39, 0.29) is 28.8 Å². The van der Waals surface area contributed by atoms with E-state index in [1.54, 1.807) is 97.9 Å². The molecule has 1 aliphatic rings. The van der Waals surface area contributed by atoms with Crippen LogP contribution in [0.15, 0.2) is 108 Å². The summed E-state index contributed by atoms with van der Waals surface area (Å²) in [4.78, 5) is 56.4. The van der Waals surface area contributed by atoms with Crippen LogP contribution < -0.4 is 5.56 Å². The van der Waals surface area contributed by atoms with Crippen molar-refractivity contribution < 1.29 is 33.3 Å². The summed E-state index contributed by atoms with van der Waals surface area (Å²) in [5.74, 6) is -2.06. The molecule has 0 amide bonds. The van der Waals surface area contributed by atoms with Crippen LogP contribution in [0, 0.1) is 0 Å². The van der Waals surface area contributed by atoms with Crippen LogP contribution in [0.4, 0.5) is 0 Å². The largest absolute Gasteiger partial charge is 0.459 e. The van der Waals surface area contributed by atoms with Gasteiger partial charge in [0, 0.05) is 0 Å². The van der Waals surface area contributed by atoms with Crippen molar-refractivity contribution in [3.05, 3.63) is 131 Å². The number of H-pyrrole nitrogens is 1. The van der Waals surface area contributed by atoms with Crippen molar-refractivity contribution in [3.63, 3.8) is 0 Å². The molecule has 1 saturated heterocycles. The van der Waals surface area contributed by atoms with Crippen LogP contribution in [0.1, 0.15) is 44.2 Å². The van der Waals surface area contributed by atoms with E-state index in [9.17, 15) is 19.2 Å². The number of nitrogens with one attached hydrogen (secondary N) is 1. The number of hydrogen-bond donors (Lipinski definition) is 1. The highest BCUT2D eigenvalue weighted by molar-refractivity contribution is 5.91. The van der Waals surface area contributed by atoms with E-state index in [4.69, 9.17) is 18.9 Å². The van der Waals surface area contributed by atoms with Gasteiger partial charge >= 0.3 is 17.9 Å². The van der Waals surface area contributed by atoms with E-state index >= 15 is 0 Å². The Bertz CT molecular complexity index is 1860. The SMILES string of the molecule is C[C@@]1(OC(=O)c2ccccc2)[C@H](OC(=O)c2ccccc2)[C@@H](COC(=O)c2ccccc2)O[C@H]1n1cnc2c(=O)[nH]ncc21. The van der Waals surface area contributed by atoms with E-state index in [0.717, 1.165) is 0 Å². The molecule has 0 bridgehead atoms. The van der Waals surface area contributed by atoms with Crippen LogP contribution >= 0.6 is 0 Å². The third-order valence-corrected chi connectivity index (χ3v) is 7.30. The molecule has 0 radical (unpaired) electrons. The van der Waals surface area contributed by atoms with E-state index in [1.807, 2.05) is 0 Å². The van der Waals surface area contributed by atoms with E-state index in [0.29, 0.717) is 5.56 Å². The zero-order valence-electron chi connectivity index (χ0n) is 23.4. The lowest BCUT2D eigenvalue weighted by Crippen LogP contribution is -2.50. The number of carbonyl (C=O) groups excluding carboxylic acids is 3. The van der Waals surface area contributed by atoms with Crippen LogP contribution in [-0.4, -0.2) is 62.1 Å². The summed E-state index contributed by atoms with van der Waals surface area (Å²) in [7, 11) is 0. The highest BCUT2D eigenvalue weighted by Crippen LogP contribution is 2.44. The molecule has 1 N–H and O–H groups in total. The molecule has 1 fully saturated rings. The first-order chi connectivity index (χ1) is 21.3. The highest BCUT2D eigenvalue weighted by atomic mass is 16.7. The van der Waals surface area contributed by atoms with Gasteiger partial charge in [0.2, 0.25) is 0 Å². The van der Waals surface area contributed by atoms with E-state index in [1.165, 1.54) is 17.1 Å². The van der Waals surface area contributed by atoms with Gasteiger partial charge in [0.15, 0.2) is 23.4 Å². The fraction of sp³-hybridized carbons (Fsp3) is 0.188. The van der Waals surface area contributed by atoms with Crippen LogP contribution in [0.2, 0.25) is 0 Å². The van der Waals surface area contributed by atoms with Crippen LogP contribution in [-0.2, 0) is 18.9 Å². The summed E-state index contributed by atoms with van der Waals surface area (Å²) in [6, 6.07) is 24.9. The molecule has 3 aromatic carbocycles. The van der Waals surface area contributed by atoms with Gasteiger partial charge in [-0.15, -0.1) is 0 Å². The number of ether oxygens (including phenoxy) is 4. The van der Waals surface area contributed by atoms with Gasteiger partial charge in [-0.05, 0) is 43.3 Å². The Hall–Kier alpha value is -5.62. The summed E-state index contributed by atoms with van der Waals surface area (Å²) >= 11 is 0. The Labute approximate surface area is 250 Å². The maximum atomic E-state index is 13.5. The number of hydrogen-bond acceptors (Lipinski definition) is 10. The molecule has 44 heavy (non-hydrogen) atoms. The number of fused-ring (bicyclic) bond motifs is 1. The minimum atomic E-state index is -1.72. The van der Waals surface area contributed by atoms with Crippen LogP contribution in [0.25, 0.3) is 11.0 Å². The molecule has 0 saturated carbocycles. The fourth-order valence-corrected chi connectivity index (χ4v) is 5.12. The van der Waals surface area contributed by atoms with Crippen LogP contribution in [0.3, 0.4) is 0 Å². The number of carbonyl (C=O) groups is 3. The molecule has 6 rings (SSSR count). The molecule has 5 aromatic rings. The summed E-state index contributed by atoms with van der Waals surface area (Å²) < 4.78 is 25.6. The highest BCUT2D eigenvalue weighted by Gasteiger charge is 2.60. The van der Waals surface area contributed by atoms with Gasteiger partial charge in [-0.25, -0.2) is 24.5 Å². The molecule has 12 nitrogen and oxygen atoms in total. The Morgan fingerprint density at radius 1 is 0.864 bits per heavy atom. The normalized spacial score (nSPS) is 21.1. The Morgan fingerprint density at radius 3 is 2.05 bits per heavy atom. The van der Waals surface area contributed by atoms with Gasteiger partial charge in [0.05, 0.1) is 34.7 Å². The van der Waals surface area contributed by atoms with Gasteiger partial charge < -0.3 is 18.9 Å². The quantitative estimate of drug-likeness (QED) is 0.208. The predicted octanol–water partition coefficient (Wildman–Crippen LogP) is 3.72. The molecule has 222 valence electrons. The topological polar surface area (TPSA) is 152 Å². The van der Waals surface area contributed by atoms with Gasteiger partial charge in [-0.1, -0.05) is 54.6 Å². The number of benzene rings is 3. The Kier molecular flexibility index (Phi) is 7.73. The molecule has 3 heterocycles. The number of esters is 3. The zero-order chi connectivity index (χ0) is 30.7. The predicted molar refractivity (Wildman–Crippen MR) is 155 cm³/mol.